The van der Waals surface area contributed by atoms with Gasteiger partial charge < -0.3 is 5.73 Å². The Kier molecular flexibility index (Phi) is 2.20. The molecular weight excluding hydrogens is 269 g/mol. The van der Waals surface area contributed by atoms with Gasteiger partial charge in [-0.15, -0.1) is 0 Å². The monoisotopic (exact) mass is 273 g/mol. The SMILES string of the molecule is NC(=O)c1ncc2c(Cl)cc(Br)cn12. The van der Waals surface area contributed by atoms with Crippen LogP contribution in [0.1, 0.15) is 10.6 Å². The molecule has 0 aliphatic rings. The number of aromatic nitrogens is 2. The number of rotatable bonds is 1. The number of hydrogen-bond donors (Lipinski definition) is 1. The van der Waals surface area contributed by atoms with Gasteiger partial charge in [-0.05, 0) is 22.0 Å². The highest BCUT2D eigenvalue weighted by molar-refractivity contribution is 9.10. The largest absolute Gasteiger partial charge is 0.363 e. The number of nitrogens with two attached hydrogens (primary N) is 1. The summed E-state index contributed by atoms with van der Waals surface area (Å²) in [7, 11) is 0. The topological polar surface area (TPSA) is 60.4 Å². The van der Waals surface area contributed by atoms with E-state index >= 15 is 0 Å². The molecule has 0 aromatic carbocycles. The molecule has 0 atom stereocenters. The number of primary amides is 1. The zero-order valence-corrected chi connectivity index (χ0v) is 9.21. The zero-order chi connectivity index (χ0) is 10.3. The van der Waals surface area contributed by atoms with E-state index in [1.165, 1.54) is 6.20 Å². The Morgan fingerprint density at radius 2 is 2.36 bits per heavy atom. The first kappa shape index (κ1) is 9.48. The highest BCUT2D eigenvalue weighted by atomic mass is 79.9. The molecule has 0 aliphatic carbocycles. The van der Waals surface area contributed by atoms with Crippen LogP contribution in [-0.4, -0.2) is 15.3 Å². The molecule has 2 aromatic heterocycles. The number of carbonyl (C=O) groups is 1. The Hall–Kier alpha value is -1.07. The van der Waals surface area contributed by atoms with Crippen LogP contribution in [0.15, 0.2) is 22.9 Å². The number of amides is 1. The number of imidazole rings is 1. The second kappa shape index (κ2) is 3.25. The smallest absolute Gasteiger partial charge is 0.285 e. The van der Waals surface area contributed by atoms with Crippen molar-refractivity contribution in [2.24, 2.45) is 5.73 Å². The third kappa shape index (κ3) is 1.38. The molecule has 0 bridgehead atoms. The van der Waals surface area contributed by atoms with E-state index in [2.05, 4.69) is 20.9 Å². The van der Waals surface area contributed by atoms with Gasteiger partial charge >= 0.3 is 0 Å². The Bertz CT molecular complexity index is 523. The lowest BCUT2D eigenvalue weighted by Gasteiger charge is -2.00. The molecule has 0 saturated heterocycles. The average Bonchev–Trinajstić information content (AvgIpc) is 2.47. The second-order valence-electron chi connectivity index (χ2n) is 2.71. The minimum absolute atomic E-state index is 0.170. The van der Waals surface area contributed by atoms with Crippen molar-refractivity contribution in [1.29, 1.82) is 0 Å². The summed E-state index contributed by atoms with van der Waals surface area (Å²) in [5.74, 6) is -0.414. The van der Waals surface area contributed by atoms with E-state index < -0.39 is 5.91 Å². The zero-order valence-electron chi connectivity index (χ0n) is 6.87. The molecule has 0 radical (unpaired) electrons. The summed E-state index contributed by atoms with van der Waals surface area (Å²) in [6, 6.07) is 1.73. The van der Waals surface area contributed by atoms with Crippen LogP contribution in [0.5, 0.6) is 0 Å². The lowest BCUT2D eigenvalue weighted by molar-refractivity contribution is 0.0990. The quantitative estimate of drug-likeness (QED) is 0.862. The molecule has 0 saturated carbocycles. The minimum atomic E-state index is -0.584. The van der Waals surface area contributed by atoms with E-state index in [0.717, 1.165) is 4.47 Å². The summed E-state index contributed by atoms with van der Waals surface area (Å²) >= 11 is 9.20. The van der Waals surface area contributed by atoms with Crippen molar-refractivity contribution in [3.63, 3.8) is 0 Å². The first-order valence-electron chi connectivity index (χ1n) is 3.71. The fourth-order valence-corrected chi connectivity index (χ4v) is 2.03. The predicted molar refractivity (Wildman–Crippen MR) is 56.4 cm³/mol. The van der Waals surface area contributed by atoms with Gasteiger partial charge in [-0.25, -0.2) is 4.98 Å². The van der Waals surface area contributed by atoms with Crippen molar-refractivity contribution in [2.75, 3.05) is 0 Å². The fraction of sp³-hybridized carbons (Fsp3) is 0. The second-order valence-corrected chi connectivity index (χ2v) is 4.03. The molecule has 0 aliphatic heterocycles. The fourth-order valence-electron chi connectivity index (χ4n) is 1.21. The van der Waals surface area contributed by atoms with Crippen LogP contribution in [0.25, 0.3) is 5.52 Å². The lowest BCUT2D eigenvalue weighted by Crippen LogP contribution is -2.15. The van der Waals surface area contributed by atoms with Crippen molar-refractivity contribution >= 4 is 39.0 Å². The average molecular weight is 275 g/mol. The molecular formula is C8H5BrClN3O. The predicted octanol–water partition coefficient (Wildman–Crippen LogP) is 1.85. The molecule has 4 nitrogen and oxygen atoms in total. The van der Waals surface area contributed by atoms with E-state index in [4.69, 9.17) is 17.3 Å². The first-order valence-corrected chi connectivity index (χ1v) is 4.88. The summed E-state index contributed by atoms with van der Waals surface area (Å²) in [5, 5.41) is 0.513. The molecule has 1 amide bonds. The van der Waals surface area contributed by atoms with Gasteiger partial charge in [-0.2, -0.15) is 0 Å². The Balaban J connectivity index is 2.85. The number of hydrogen-bond acceptors (Lipinski definition) is 2. The maximum atomic E-state index is 11.0. The Morgan fingerprint density at radius 3 is 3.00 bits per heavy atom. The van der Waals surface area contributed by atoms with E-state index in [0.29, 0.717) is 10.5 Å². The van der Waals surface area contributed by atoms with E-state index in [1.54, 1.807) is 16.7 Å². The minimum Gasteiger partial charge on any atom is -0.363 e. The molecule has 2 heterocycles. The number of carbonyl (C=O) groups excluding carboxylic acids is 1. The molecule has 0 unspecified atom stereocenters. The Morgan fingerprint density at radius 1 is 1.64 bits per heavy atom. The highest BCUT2D eigenvalue weighted by Gasteiger charge is 2.11. The summed E-state index contributed by atoms with van der Waals surface area (Å²) in [5.41, 5.74) is 5.80. The number of halogens is 2. The van der Waals surface area contributed by atoms with Crippen molar-refractivity contribution in [1.82, 2.24) is 9.38 Å². The summed E-state index contributed by atoms with van der Waals surface area (Å²) in [4.78, 5) is 14.9. The van der Waals surface area contributed by atoms with Crippen LogP contribution in [0.3, 0.4) is 0 Å². The lowest BCUT2D eigenvalue weighted by atomic mass is 10.4. The number of pyridine rings is 1. The number of fused-ring (bicyclic) bond motifs is 1. The molecule has 0 spiro atoms. The molecule has 2 rings (SSSR count). The van der Waals surface area contributed by atoms with Crippen molar-refractivity contribution in [3.8, 4) is 0 Å². The van der Waals surface area contributed by atoms with Crippen molar-refractivity contribution in [2.45, 2.75) is 0 Å². The van der Waals surface area contributed by atoms with Crippen LogP contribution in [-0.2, 0) is 0 Å². The van der Waals surface area contributed by atoms with Gasteiger partial charge in [0.05, 0.1) is 16.7 Å². The summed E-state index contributed by atoms with van der Waals surface area (Å²) in [6.45, 7) is 0. The van der Waals surface area contributed by atoms with E-state index in [-0.39, 0.29) is 5.82 Å². The third-order valence-corrected chi connectivity index (χ3v) is 2.52. The molecule has 0 fully saturated rings. The molecule has 14 heavy (non-hydrogen) atoms. The van der Waals surface area contributed by atoms with E-state index in [1.807, 2.05) is 0 Å². The van der Waals surface area contributed by atoms with Gasteiger partial charge in [0.15, 0.2) is 0 Å². The normalized spacial score (nSPS) is 10.7. The first-order chi connectivity index (χ1) is 6.59. The van der Waals surface area contributed by atoms with Crippen LogP contribution >= 0.6 is 27.5 Å². The summed E-state index contributed by atoms with van der Waals surface area (Å²) in [6.07, 6.45) is 3.20. The molecule has 2 aromatic rings. The maximum absolute atomic E-state index is 11.0. The maximum Gasteiger partial charge on any atom is 0.285 e. The van der Waals surface area contributed by atoms with Gasteiger partial charge in [0.2, 0.25) is 5.82 Å². The van der Waals surface area contributed by atoms with Gasteiger partial charge in [-0.3, -0.25) is 9.20 Å². The van der Waals surface area contributed by atoms with Gasteiger partial charge in [-0.1, -0.05) is 11.6 Å². The van der Waals surface area contributed by atoms with Gasteiger partial charge in [0.25, 0.3) is 5.91 Å². The van der Waals surface area contributed by atoms with Crippen molar-refractivity contribution in [3.05, 3.63) is 33.8 Å². The van der Waals surface area contributed by atoms with Crippen LogP contribution in [0.2, 0.25) is 5.02 Å². The van der Waals surface area contributed by atoms with Gasteiger partial charge in [0.1, 0.15) is 0 Å². The highest BCUT2D eigenvalue weighted by Crippen LogP contribution is 2.23. The molecule has 72 valence electrons. The van der Waals surface area contributed by atoms with Gasteiger partial charge in [0, 0.05) is 10.7 Å². The molecule has 2 N–H and O–H groups in total. The standard InChI is InChI=1S/C8H5BrClN3O/c9-4-1-5(10)6-2-12-8(7(11)14)13(6)3-4/h1-3H,(H2,11,14). The summed E-state index contributed by atoms with van der Waals surface area (Å²) < 4.78 is 2.31. The van der Waals surface area contributed by atoms with Crippen molar-refractivity contribution < 1.29 is 4.79 Å². The number of nitrogens with zero attached hydrogens (tertiary/aromatic N) is 2. The van der Waals surface area contributed by atoms with E-state index in [9.17, 15) is 4.79 Å². The van der Waals surface area contributed by atoms with Crippen LogP contribution < -0.4 is 5.73 Å². The van der Waals surface area contributed by atoms with Crippen LogP contribution in [0.4, 0.5) is 0 Å². The molecule has 6 heteroatoms. The Labute approximate surface area is 92.8 Å². The van der Waals surface area contributed by atoms with Crippen LogP contribution in [0, 0.1) is 0 Å². The third-order valence-electron chi connectivity index (χ3n) is 1.78.